The molecule has 17 heavy (non-hydrogen) atoms. The monoisotopic (exact) mass is 255 g/mol. The fourth-order valence-corrected chi connectivity index (χ4v) is 1.89. The first kappa shape index (κ1) is 12.5. The predicted octanol–water partition coefficient (Wildman–Crippen LogP) is 2.59. The highest BCUT2D eigenvalue weighted by Crippen LogP contribution is 2.27. The maximum Gasteiger partial charge on any atom is 0.151 e. The normalized spacial score (nSPS) is 14.9. The van der Waals surface area contributed by atoms with Crippen molar-refractivity contribution in [3.63, 3.8) is 0 Å². The van der Waals surface area contributed by atoms with Crippen LogP contribution < -0.4 is 5.32 Å². The average Bonchev–Trinajstić information content (AvgIpc) is 3.09. The summed E-state index contributed by atoms with van der Waals surface area (Å²) in [5.74, 6) is 0.321. The SMILES string of the molecule is O=C(CNCC1CC1)Cc1cccc(F)c1Cl. The van der Waals surface area contributed by atoms with Crippen LogP contribution in [0.5, 0.6) is 0 Å². The average molecular weight is 256 g/mol. The minimum Gasteiger partial charge on any atom is -0.310 e. The van der Waals surface area contributed by atoms with Gasteiger partial charge >= 0.3 is 0 Å². The first-order chi connectivity index (χ1) is 8.16. The maximum atomic E-state index is 13.1. The smallest absolute Gasteiger partial charge is 0.151 e. The van der Waals surface area contributed by atoms with Crippen molar-refractivity contribution in [2.75, 3.05) is 13.1 Å². The molecule has 0 unspecified atom stereocenters. The lowest BCUT2D eigenvalue weighted by Crippen LogP contribution is -2.26. The van der Waals surface area contributed by atoms with Crippen LogP contribution >= 0.6 is 11.6 Å². The molecule has 0 radical (unpaired) electrons. The minimum atomic E-state index is -0.470. The number of halogens is 2. The molecule has 0 aliphatic heterocycles. The summed E-state index contributed by atoms with van der Waals surface area (Å²) in [7, 11) is 0. The Kier molecular flexibility index (Phi) is 4.13. The van der Waals surface area contributed by atoms with E-state index in [9.17, 15) is 9.18 Å². The molecule has 1 aromatic carbocycles. The summed E-state index contributed by atoms with van der Waals surface area (Å²) in [4.78, 5) is 11.6. The Morgan fingerprint density at radius 3 is 2.94 bits per heavy atom. The Hall–Kier alpha value is -0.930. The van der Waals surface area contributed by atoms with Gasteiger partial charge in [0.15, 0.2) is 5.78 Å². The number of hydrogen-bond acceptors (Lipinski definition) is 2. The molecule has 2 nitrogen and oxygen atoms in total. The molecule has 1 saturated carbocycles. The second-order valence-corrected chi connectivity index (χ2v) is 4.88. The summed E-state index contributed by atoms with van der Waals surface area (Å²) in [5, 5.41) is 3.17. The molecule has 0 saturated heterocycles. The van der Waals surface area contributed by atoms with Crippen LogP contribution in [0, 0.1) is 11.7 Å². The molecule has 1 aliphatic rings. The Bertz CT molecular complexity index is 418. The predicted molar refractivity (Wildman–Crippen MR) is 65.7 cm³/mol. The zero-order valence-electron chi connectivity index (χ0n) is 9.51. The fraction of sp³-hybridized carbons (Fsp3) is 0.462. The number of Topliss-reactive ketones (excluding diaryl/α,β-unsaturated/α-hetero) is 1. The summed E-state index contributed by atoms with van der Waals surface area (Å²) < 4.78 is 13.1. The molecule has 0 heterocycles. The van der Waals surface area contributed by atoms with Crippen molar-refractivity contribution in [2.24, 2.45) is 5.92 Å². The van der Waals surface area contributed by atoms with Gasteiger partial charge in [0.05, 0.1) is 11.6 Å². The molecule has 4 heteroatoms. The lowest BCUT2D eigenvalue weighted by molar-refractivity contribution is -0.117. The number of nitrogens with one attached hydrogen (secondary N) is 1. The van der Waals surface area contributed by atoms with E-state index in [0.29, 0.717) is 12.1 Å². The van der Waals surface area contributed by atoms with Crippen LogP contribution in [-0.4, -0.2) is 18.9 Å². The van der Waals surface area contributed by atoms with Gasteiger partial charge in [0, 0.05) is 6.42 Å². The number of carbonyl (C=O) groups is 1. The summed E-state index contributed by atoms with van der Waals surface area (Å²) in [6, 6.07) is 4.55. The first-order valence-electron chi connectivity index (χ1n) is 5.82. The van der Waals surface area contributed by atoms with Crippen molar-refractivity contribution in [1.82, 2.24) is 5.32 Å². The lowest BCUT2D eigenvalue weighted by Gasteiger charge is -2.05. The van der Waals surface area contributed by atoms with Crippen molar-refractivity contribution in [2.45, 2.75) is 19.3 Å². The zero-order chi connectivity index (χ0) is 12.3. The van der Waals surface area contributed by atoms with E-state index in [2.05, 4.69) is 5.32 Å². The van der Waals surface area contributed by atoms with E-state index >= 15 is 0 Å². The van der Waals surface area contributed by atoms with Crippen molar-refractivity contribution < 1.29 is 9.18 Å². The van der Waals surface area contributed by atoms with Gasteiger partial charge in [-0.3, -0.25) is 4.79 Å². The molecule has 1 N–H and O–H groups in total. The molecule has 1 fully saturated rings. The van der Waals surface area contributed by atoms with Gasteiger partial charge in [0.2, 0.25) is 0 Å². The van der Waals surface area contributed by atoms with E-state index in [1.165, 1.54) is 18.9 Å². The highest BCUT2D eigenvalue weighted by atomic mass is 35.5. The van der Waals surface area contributed by atoms with Gasteiger partial charge in [0.1, 0.15) is 5.82 Å². The highest BCUT2D eigenvalue weighted by Gasteiger charge is 2.20. The molecule has 1 aromatic rings. The van der Waals surface area contributed by atoms with Crippen LogP contribution in [0.25, 0.3) is 0 Å². The number of hydrogen-bond donors (Lipinski definition) is 1. The van der Waals surface area contributed by atoms with Crippen LogP contribution in [0.15, 0.2) is 18.2 Å². The second kappa shape index (κ2) is 5.61. The minimum absolute atomic E-state index is 0.0400. The number of benzene rings is 1. The standard InChI is InChI=1S/C13H15ClFNO/c14-13-10(2-1-3-12(13)15)6-11(17)8-16-7-9-4-5-9/h1-3,9,16H,4-8H2. The van der Waals surface area contributed by atoms with E-state index in [1.807, 2.05) is 0 Å². The summed E-state index contributed by atoms with van der Waals surface area (Å²) in [6.07, 6.45) is 2.71. The molecule has 92 valence electrons. The van der Waals surface area contributed by atoms with E-state index in [0.717, 1.165) is 12.5 Å². The maximum absolute atomic E-state index is 13.1. The summed E-state index contributed by atoms with van der Waals surface area (Å²) >= 11 is 5.78. The molecular weight excluding hydrogens is 241 g/mol. The van der Waals surface area contributed by atoms with Gasteiger partial charge in [0.25, 0.3) is 0 Å². The summed E-state index contributed by atoms with van der Waals surface area (Å²) in [5.41, 5.74) is 0.560. The van der Waals surface area contributed by atoms with E-state index < -0.39 is 5.82 Å². The number of rotatable bonds is 6. The third-order valence-corrected chi connectivity index (χ3v) is 3.29. The molecule has 0 spiro atoms. The molecule has 1 aliphatic carbocycles. The topological polar surface area (TPSA) is 29.1 Å². The van der Waals surface area contributed by atoms with Crippen LogP contribution in [0.3, 0.4) is 0 Å². The van der Waals surface area contributed by atoms with Gasteiger partial charge in [-0.2, -0.15) is 0 Å². The zero-order valence-corrected chi connectivity index (χ0v) is 10.3. The Morgan fingerprint density at radius 1 is 1.47 bits per heavy atom. The number of carbonyl (C=O) groups excluding carboxylic acids is 1. The van der Waals surface area contributed by atoms with E-state index in [4.69, 9.17) is 11.6 Å². The lowest BCUT2D eigenvalue weighted by atomic mass is 10.1. The molecule has 0 atom stereocenters. The van der Waals surface area contributed by atoms with Crippen LogP contribution in [0.4, 0.5) is 4.39 Å². The van der Waals surface area contributed by atoms with Crippen molar-refractivity contribution in [1.29, 1.82) is 0 Å². The molecular formula is C13H15ClFNO. The molecule has 0 aromatic heterocycles. The van der Waals surface area contributed by atoms with Gasteiger partial charge in [-0.05, 0) is 36.9 Å². The van der Waals surface area contributed by atoms with Crippen LogP contribution in [-0.2, 0) is 11.2 Å². The van der Waals surface area contributed by atoms with E-state index in [-0.39, 0.29) is 17.2 Å². The van der Waals surface area contributed by atoms with Gasteiger partial charge in [-0.15, -0.1) is 0 Å². The number of ketones is 1. The Labute approximate surface area is 105 Å². The molecule has 2 rings (SSSR count). The summed E-state index contributed by atoms with van der Waals surface area (Å²) in [6.45, 7) is 1.24. The van der Waals surface area contributed by atoms with Crippen LogP contribution in [0.2, 0.25) is 5.02 Å². The second-order valence-electron chi connectivity index (χ2n) is 4.50. The Balaban J connectivity index is 1.82. The highest BCUT2D eigenvalue weighted by molar-refractivity contribution is 6.31. The van der Waals surface area contributed by atoms with Crippen molar-refractivity contribution in [3.05, 3.63) is 34.6 Å². The third kappa shape index (κ3) is 3.79. The quantitative estimate of drug-likeness (QED) is 0.847. The third-order valence-electron chi connectivity index (χ3n) is 2.87. The fourth-order valence-electron chi connectivity index (χ4n) is 1.70. The van der Waals surface area contributed by atoms with Crippen molar-refractivity contribution >= 4 is 17.4 Å². The van der Waals surface area contributed by atoms with Gasteiger partial charge in [-0.1, -0.05) is 23.7 Å². The van der Waals surface area contributed by atoms with Gasteiger partial charge < -0.3 is 5.32 Å². The first-order valence-corrected chi connectivity index (χ1v) is 6.20. The van der Waals surface area contributed by atoms with E-state index in [1.54, 1.807) is 12.1 Å². The largest absolute Gasteiger partial charge is 0.310 e. The van der Waals surface area contributed by atoms with Gasteiger partial charge in [-0.25, -0.2) is 4.39 Å². The molecule has 0 amide bonds. The van der Waals surface area contributed by atoms with Crippen molar-refractivity contribution in [3.8, 4) is 0 Å². The van der Waals surface area contributed by atoms with Crippen LogP contribution in [0.1, 0.15) is 18.4 Å². The Morgan fingerprint density at radius 2 is 2.24 bits per heavy atom. The molecule has 0 bridgehead atoms.